The average Bonchev–Trinajstić information content (AvgIpc) is 2.38. The number of hydrogen-bond acceptors (Lipinski definition) is 4. The largest absolute Gasteiger partial charge is 0.484 e. The number of hydrogen-bond donors (Lipinski definition) is 2. The van der Waals surface area contributed by atoms with Crippen molar-refractivity contribution in [1.29, 1.82) is 0 Å². The lowest BCUT2D eigenvalue weighted by Gasteiger charge is -2.13. The van der Waals surface area contributed by atoms with Crippen LogP contribution >= 0.6 is 0 Å². The van der Waals surface area contributed by atoms with Gasteiger partial charge < -0.3 is 20.5 Å². The molecule has 0 aromatic heterocycles. The Bertz CT molecular complexity index is 431. The van der Waals surface area contributed by atoms with Crippen LogP contribution in [0.2, 0.25) is 0 Å². The smallest absolute Gasteiger partial charge is 0.422 e. The Morgan fingerprint density at radius 1 is 1.35 bits per heavy atom. The lowest BCUT2D eigenvalue weighted by atomic mass is 10.2. The van der Waals surface area contributed by atoms with Gasteiger partial charge in [0.25, 0.3) is 5.91 Å². The van der Waals surface area contributed by atoms with Crippen LogP contribution in [0, 0.1) is 0 Å². The highest BCUT2D eigenvalue weighted by Crippen LogP contribution is 2.20. The van der Waals surface area contributed by atoms with Crippen LogP contribution in [-0.2, 0) is 9.53 Å². The molecule has 0 aliphatic rings. The molecule has 1 aromatic rings. The lowest BCUT2D eigenvalue weighted by molar-refractivity contribution is -0.153. The summed E-state index contributed by atoms with van der Waals surface area (Å²) in [6.45, 7) is -1.34. The minimum Gasteiger partial charge on any atom is -0.484 e. The molecule has 112 valence electrons. The monoisotopic (exact) mass is 292 g/mol. The summed E-state index contributed by atoms with van der Waals surface area (Å²) in [5.41, 5.74) is 5.74. The van der Waals surface area contributed by atoms with Crippen molar-refractivity contribution in [3.63, 3.8) is 0 Å². The number of rotatable bonds is 6. The highest BCUT2D eigenvalue weighted by atomic mass is 19.4. The van der Waals surface area contributed by atoms with Crippen LogP contribution in [0.5, 0.6) is 5.75 Å². The third-order valence-electron chi connectivity index (χ3n) is 2.32. The molecular weight excluding hydrogens is 277 g/mol. The van der Waals surface area contributed by atoms with E-state index in [4.69, 9.17) is 10.5 Å². The van der Waals surface area contributed by atoms with Gasteiger partial charge in [0.15, 0.2) is 6.61 Å². The zero-order valence-corrected chi connectivity index (χ0v) is 10.7. The van der Waals surface area contributed by atoms with E-state index in [0.717, 1.165) is 0 Å². The van der Waals surface area contributed by atoms with Gasteiger partial charge in [-0.05, 0) is 24.3 Å². The first-order chi connectivity index (χ1) is 9.35. The average molecular weight is 292 g/mol. The number of benzene rings is 1. The van der Waals surface area contributed by atoms with Crippen LogP contribution in [0.1, 0.15) is 0 Å². The molecule has 0 heterocycles. The quantitative estimate of drug-likeness (QED) is 0.834. The summed E-state index contributed by atoms with van der Waals surface area (Å²) in [5.74, 6) is -0.374. The maximum atomic E-state index is 12.0. The molecule has 0 radical (unpaired) electrons. The van der Waals surface area contributed by atoms with Crippen LogP contribution in [-0.4, -0.2) is 38.4 Å². The van der Waals surface area contributed by atoms with Crippen molar-refractivity contribution in [2.45, 2.75) is 12.3 Å². The van der Waals surface area contributed by atoms with Gasteiger partial charge in [0.2, 0.25) is 0 Å². The van der Waals surface area contributed by atoms with Crippen LogP contribution in [0.25, 0.3) is 0 Å². The first-order valence-corrected chi connectivity index (χ1v) is 5.69. The Morgan fingerprint density at radius 2 is 1.95 bits per heavy atom. The second-order valence-corrected chi connectivity index (χ2v) is 3.88. The van der Waals surface area contributed by atoms with Crippen molar-refractivity contribution in [2.24, 2.45) is 5.73 Å². The van der Waals surface area contributed by atoms with Gasteiger partial charge in [0.05, 0.1) is 0 Å². The van der Waals surface area contributed by atoms with Gasteiger partial charge in [-0.25, -0.2) is 0 Å². The number of nitrogens with one attached hydrogen (secondary N) is 1. The Morgan fingerprint density at radius 3 is 2.40 bits per heavy atom. The fraction of sp³-hybridized carbons (Fsp3) is 0.417. The number of nitrogens with two attached hydrogens (primary N) is 1. The van der Waals surface area contributed by atoms with Crippen LogP contribution < -0.4 is 15.8 Å². The second kappa shape index (κ2) is 7.11. The number of halogens is 3. The first kappa shape index (κ1) is 16.3. The molecule has 0 spiro atoms. The third-order valence-corrected chi connectivity index (χ3v) is 2.32. The molecule has 0 bridgehead atoms. The van der Waals surface area contributed by atoms with Gasteiger partial charge in [-0.15, -0.1) is 0 Å². The van der Waals surface area contributed by atoms with Crippen LogP contribution in [0.4, 0.5) is 18.9 Å². The summed E-state index contributed by atoms with van der Waals surface area (Å²) in [4.78, 5) is 11.6. The van der Waals surface area contributed by atoms with Crippen LogP contribution in [0.3, 0.4) is 0 Å². The molecule has 1 aromatic carbocycles. The molecule has 20 heavy (non-hydrogen) atoms. The summed E-state index contributed by atoms with van der Waals surface area (Å²) < 4.78 is 45.2. The van der Waals surface area contributed by atoms with E-state index in [1.807, 2.05) is 0 Å². The minimum absolute atomic E-state index is 0.0229. The van der Waals surface area contributed by atoms with E-state index in [0.29, 0.717) is 5.69 Å². The SMILES string of the molecule is COC(CN)C(=O)Nc1ccc(OCC(F)(F)F)cc1. The summed E-state index contributed by atoms with van der Waals surface area (Å²) >= 11 is 0. The van der Waals surface area contributed by atoms with Crippen molar-refractivity contribution in [3.8, 4) is 5.75 Å². The maximum Gasteiger partial charge on any atom is 0.422 e. The fourth-order valence-corrected chi connectivity index (χ4v) is 1.33. The van der Waals surface area contributed by atoms with E-state index in [9.17, 15) is 18.0 Å². The highest BCUT2D eigenvalue weighted by molar-refractivity contribution is 5.94. The number of carbonyl (C=O) groups excluding carboxylic acids is 1. The van der Waals surface area contributed by atoms with E-state index >= 15 is 0 Å². The van der Waals surface area contributed by atoms with E-state index in [1.54, 1.807) is 0 Å². The molecule has 1 atom stereocenters. The van der Waals surface area contributed by atoms with E-state index in [1.165, 1.54) is 31.4 Å². The zero-order valence-electron chi connectivity index (χ0n) is 10.7. The molecule has 3 N–H and O–H groups in total. The van der Waals surface area contributed by atoms with Crippen molar-refractivity contribution in [1.82, 2.24) is 0 Å². The van der Waals surface area contributed by atoms with Crippen molar-refractivity contribution < 1.29 is 27.4 Å². The molecule has 0 aliphatic carbocycles. The minimum atomic E-state index is -4.39. The molecule has 0 saturated heterocycles. The molecule has 0 aliphatic heterocycles. The number of methoxy groups -OCH3 is 1. The van der Waals surface area contributed by atoms with Gasteiger partial charge in [-0.2, -0.15) is 13.2 Å². The van der Waals surface area contributed by atoms with Gasteiger partial charge in [0.1, 0.15) is 11.9 Å². The first-order valence-electron chi connectivity index (χ1n) is 5.69. The predicted molar refractivity (Wildman–Crippen MR) is 66.5 cm³/mol. The van der Waals surface area contributed by atoms with Crippen molar-refractivity contribution in [2.75, 3.05) is 25.6 Å². The van der Waals surface area contributed by atoms with E-state index < -0.39 is 24.8 Å². The molecule has 0 fully saturated rings. The second-order valence-electron chi connectivity index (χ2n) is 3.88. The molecule has 1 unspecified atom stereocenters. The summed E-state index contributed by atoms with van der Waals surface area (Å²) in [6.07, 6.45) is -5.17. The highest BCUT2D eigenvalue weighted by Gasteiger charge is 2.28. The third kappa shape index (κ3) is 5.45. The molecule has 5 nitrogen and oxygen atoms in total. The Balaban J connectivity index is 2.56. The topological polar surface area (TPSA) is 73.6 Å². The number of carbonyl (C=O) groups is 1. The van der Waals surface area contributed by atoms with E-state index in [2.05, 4.69) is 10.1 Å². The Kier molecular flexibility index (Phi) is 5.78. The van der Waals surface area contributed by atoms with E-state index in [-0.39, 0.29) is 12.3 Å². The normalized spacial score (nSPS) is 12.8. The molecule has 1 rings (SSSR count). The number of ether oxygens (including phenoxy) is 2. The maximum absolute atomic E-state index is 12.0. The standard InChI is InChI=1S/C12H15F3N2O3/c1-19-10(6-16)11(18)17-8-2-4-9(5-3-8)20-7-12(13,14)15/h2-5,10H,6-7,16H2,1H3,(H,17,18). The number of anilines is 1. The van der Waals surface area contributed by atoms with Gasteiger partial charge in [-0.1, -0.05) is 0 Å². The van der Waals surface area contributed by atoms with Crippen molar-refractivity contribution in [3.05, 3.63) is 24.3 Å². The van der Waals surface area contributed by atoms with Crippen LogP contribution in [0.15, 0.2) is 24.3 Å². The van der Waals surface area contributed by atoms with Gasteiger partial charge in [-0.3, -0.25) is 4.79 Å². The summed E-state index contributed by atoms with van der Waals surface area (Å²) in [6, 6.07) is 5.50. The number of alkyl halides is 3. The van der Waals surface area contributed by atoms with Crippen molar-refractivity contribution >= 4 is 11.6 Å². The Labute approximate surface area is 113 Å². The molecule has 0 saturated carbocycles. The predicted octanol–water partition coefficient (Wildman–Crippen LogP) is 1.54. The Hall–Kier alpha value is -1.80. The fourth-order valence-electron chi connectivity index (χ4n) is 1.33. The van der Waals surface area contributed by atoms with Gasteiger partial charge in [0, 0.05) is 19.3 Å². The molecule has 1 amide bonds. The number of amides is 1. The molecular formula is C12H15F3N2O3. The zero-order chi connectivity index (χ0) is 15.2. The van der Waals surface area contributed by atoms with Gasteiger partial charge >= 0.3 is 6.18 Å². The summed E-state index contributed by atoms with van der Waals surface area (Å²) in [5, 5.41) is 2.52. The lowest BCUT2D eigenvalue weighted by Crippen LogP contribution is -2.35. The molecule has 8 heteroatoms. The summed E-state index contributed by atoms with van der Waals surface area (Å²) in [7, 11) is 1.35.